The predicted octanol–water partition coefficient (Wildman–Crippen LogP) is 2.88. The van der Waals surface area contributed by atoms with Crippen LogP contribution in [0.4, 0.5) is 20.6 Å². The molecule has 0 atom stereocenters. The fraction of sp³-hybridized carbons (Fsp3) is 0.188. The van der Waals surface area contributed by atoms with Crippen molar-refractivity contribution in [2.75, 3.05) is 16.8 Å². The molecule has 0 unspecified atom stereocenters. The van der Waals surface area contributed by atoms with Crippen molar-refractivity contribution < 1.29 is 9.18 Å². The Kier molecular flexibility index (Phi) is 3.58. The highest BCUT2D eigenvalue weighted by molar-refractivity contribution is 6.03. The van der Waals surface area contributed by atoms with Crippen LogP contribution in [0.5, 0.6) is 0 Å². The number of urea groups is 1. The van der Waals surface area contributed by atoms with Crippen LogP contribution in [-0.2, 0) is 13.0 Å². The number of fused-ring (bicyclic) bond motifs is 1. The number of carbonyl (C=O) groups excluding carboxylic acids is 1. The van der Waals surface area contributed by atoms with Gasteiger partial charge in [-0.3, -0.25) is 4.90 Å². The molecule has 2 aromatic rings. The maximum atomic E-state index is 13.3. The van der Waals surface area contributed by atoms with Gasteiger partial charge in [0.05, 0.1) is 5.69 Å². The largest absolute Gasteiger partial charge is 0.326 e. The van der Waals surface area contributed by atoms with E-state index in [4.69, 9.17) is 5.73 Å². The summed E-state index contributed by atoms with van der Waals surface area (Å²) in [5, 5.41) is 2.82. The Morgan fingerprint density at radius 2 is 2.00 bits per heavy atom. The van der Waals surface area contributed by atoms with E-state index in [2.05, 4.69) is 5.32 Å². The third kappa shape index (κ3) is 2.73. The SMILES string of the molecule is NCc1ccc(NC(=O)N2CCc3ccc(F)cc32)cc1. The van der Waals surface area contributed by atoms with Gasteiger partial charge in [-0.25, -0.2) is 9.18 Å². The van der Waals surface area contributed by atoms with Gasteiger partial charge in [0.25, 0.3) is 0 Å². The maximum Gasteiger partial charge on any atom is 0.326 e. The van der Waals surface area contributed by atoms with Gasteiger partial charge in [0, 0.05) is 18.8 Å². The summed E-state index contributed by atoms with van der Waals surface area (Å²) in [6, 6.07) is 11.7. The summed E-state index contributed by atoms with van der Waals surface area (Å²) >= 11 is 0. The summed E-state index contributed by atoms with van der Waals surface area (Å²) < 4.78 is 13.3. The van der Waals surface area contributed by atoms with Crippen molar-refractivity contribution in [2.24, 2.45) is 5.73 Å². The van der Waals surface area contributed by atoms with Crippen LogP contribution in [0.15, 0.2) is 42.5 Å². The van der Waals surface area contributed by atoms with E-state index in [-0.39, 0.29) is 11.8 Å². The quantitative estimate of drug-likeness (QED) is 0.891. The fourth-order valence-corrected chi connectivity index (χ4v) is 2.48. The number of benzene rings is 2. The molecule has 3 rings (SSSR count). The van der Waals surface area contributed by atoms with Gasteiger partial charge in [-0.05, 0) is 41.8 Å². The second kappa shape index (κ2) is 5.54. The van der Waals surface area contributed by atoms with Crippen molar-refractivity contribution in [1.29, 1.82) is 0 Å². The normalized spacial score (nSPS) is 13.1. The number of hydrogen-bond donors (Lipinski definition) is 2. The van der Waals surface area contributed by atoms with Crippen LogP contribution >= 0.6 is 0 Å². The molecule has 21 heavy (non-hydrogen) atoms. The first-order chi connectivity index (χ1) is 10.2. The molecule has 108 valence electrons. The standard InChI is InChI=1S/C16H16FN3O/c17-13-4-3-12-7-8-20(15(12)9-13)16(21)19-14-5-1-11(10-18)2-6-14/h1-6,9H,7-8,10,18H2,(H,19,21). The molecule has 1 heterocycles. The Bertz CT molecular complexity index is 670. The summed E-state index contributed by atoms with van der Waals surface area (Å²) in [7, 11) is 0. The lowest BCUT2D eigenvalue weighted by Gasteiger charge is -2.18. The molecule has 4 nitrogen and oxygen atoms in total. The molecule has 0 radical (unpaired) electrons. The first-order valence-electron chi connectivity index (χ1n) is 6.83. The number of amides is 2. The van der Waals surface area contributed by atoms with Gasteiger partial charge in [0.2, 0.25) is 0 Å². The van der Waals surface area contributed by atoms with Crippen molar-refractivity contribution in [3.05, 3.63) is 59.4 Å². The molecule has 0 spiro atoms. The van der Waals surface area contributed by atoms with Gasteiger partial charge >= 0.3 is 6.03 Å². The van der Waals surface area contributed by atoms with Gasteiger partial charge in [0.1, 0.15) is 5.82 Å². The van der Waals surface area contributed by atoms with E-state index in [0.717, 1.165) is 17.5 Å². The first-order valence-corrected chi connectivity index (χ1v) is 6.83. The molecule has 3 N–H and O–H groups in total. The molecule has 0 aliphatic carbocycles. The summed E-state index contributed by atoms with van der Waals surface area (Å²) in [4.78, 5) is 13.9. The summed E-state index contributed by atoms with van der Waals surface area (Å²) in [5.41, 5.74) is 8.87. The van der Waals surface area contributed by atoms with Gasteiger partial charge in [-0.2, -0.15) is 0 Å². The lowest BCUT2D eigenvalue weighted by atomic mass is 10.2. The minimum absolute atomic E-state index is 0.250. The van der Waals surface area contributed by atoms with Crippen LogP contribution in [0.25, 0.3) is 0 Å². The van der Waals surface area contributed by atoms with E-state index in [1.54, 1.807) is 11.0 Å². The number of carbonyl (C=O) groups is 1. The number of nitrogens with one attached hydrogen (secondary N) is 1. The van der Waals surface area contributed by atoms with Crippen LogP contribution < -0.4 is 16.0 Å². The van der Waals surface area contributed by atoms with Gasteiger partial charge < -0.3 is 11.1 Å². The van der Waals surface area contributed by atoms with Gasteiger partial charge in [0.15, 0.2) is 0 Å². The highest BCUT2D eigenvalue weighted by Crippen LogP contribution is 2.29. The number of rotatable bonds is 2. The average Bonchev–Trinajstić information content (AvgIpc) is 2.91. The van der Waals surface area contributed by atoms with Gasteiger partial charge in [-0.1, -0.05) is 18.2 Å². The van der Waals surface area contributed by atoms with Crippen molar-refractivity contribution in [3.8, 4) is 0 Å². The third-order valence-corrected chi connectivity index (χ3v) is 3.63. The van der Waals surface area contributed by atoms with Crippen molar-refractivity contribution in [2.45, 2.75) is 13.0 Å². The molecule has 0 saturated heterocycles. The van der Waals surface area contributed by atoms with Gasteiger partial charge in [-0.15, -0.1) is 0 Å². The van der Waals surface area contributed by atoms with E-state index in [1.165, 1.54) is 12.1 Å². The lowest BCUT2D eigenvalue weighted by Crippen LogP contribution is -2.33. The van der Waals surface area contributed by atoms with E-state index >= 15 is 0 Å². The highest BCUT2D eigenvalue weighted by atomic mass is 19.1. The Labute approximate surface area is 122 Å². The van der Waals surface area contributed by atoms with Crippen molar-refractivity contribution in [3.63, 3.8) is 0 Å². The topological polar surface area (TPSA) is 58.4 Å². The number of nitrogens with two attached hydrogens (primary N) is 1. The molecular formula is C16H16FN3O. The predicted molar refractivity (Wildman–Crippen MR) is 80.8 cm³/mol. The van der Waals surface area contributed by atoms with E-state index in [0.29, 0.717) is 24.5 Å². The number of nitrogens with zero attached hydrogens (tertiary/aromatic N) is 1. The fourth-order valence-electron chi connectivity index (χ4n) is 2.48. The zero-order valence-electron chi connectivity index (χ0n) is 11.5. The molecule has 2 aromatic carbocycles. The third-order valence-electron chi connectivity index (χ3n) is 3.63. The van der Waals surface area contributed by atoms with Crippen molar-refractivity contribution in [1.82, 2.24) is 0 Å². The Morgan fingerprint density at radius 3 is 2.71 bits per heavy atom. The summed E-state index contributed by atoms with van der Waals surface area (Å²) in [6.07, 6.45) is 0.745. The van der Waals surface area contributed by atoms with E-state index < -0.39 is 0 Å². The molecule has 0 saturated carbocycles. The first kappa shape index (κ1) is 13.6. The zero-order chi connectivity index (χ0) is 14.8. The second-order valence-corrected chi connectivity index (χ2v) is 5.01. The summed E-state index contributed by atoms with van der Waals surface area (Å²) in [5.74, 6) is -0.333. The molecule has 2 amide bonds. The molecular weight excluding hydrogens is 269 g/mol. The second-order valence-electron chi connectivity index (χ2n) is 5.01. The number of hydrogen-bond acceptors (Lipinski definition) is 2. The maximum absolute atomic E-state index is 13.3. The monoisotopic (exact) mass is 285 g/mol. The molecule has 0 aromatic heterocycles. The number of anilines is 2. The highest BCUT2D eigenvalue weighted by Gasteiger charge is 2.25. The summed E-state index contributed by atoms with van der Waals surface area (Å²) in [6.45, 7) is 1.03. The molecule has 1 aliphatic rings. The van der Waals surface area contributed by atoms with E-state index in [1.807, 2.05) is 24.3 Å². The van der Waals surface area contributed by atoms with Crippen LogP contribution in [0.3, 0.4) is 0 Å². The van der Waals surface area contributed by atoms with E-state index in [9.17, 15) is 9.18 Å². The van der Waals surface area contributed by atoms with Crippen LogP contribution in [-0.4, -0.2) is 12.6 Å². The molecule has 0 fully saturated rings. The molecule has 1 aliphatic heterocycles. The number of halogens is 1. The Balaban J connectivity index is 1.76. The minimum Gasteiger partial charge on any atom is -0.326 e. The van der Waals surface area contributed by atoms with Crippen LogP contribution in [0, 0.1) is 5.82 Å². The Hall–Kier alpha value is -2.40. The van der Waals surface area contributed by atoms with Crippen molar-refractivity contribution >= 4 is 17.4 Å². The zero-order valence-corrected chi connectivity index (χ0v) is 11.5. The Morgan fingerprint density at radius 1 is 1.24 bits per heavy atom. The van der Waals surface area contributed by atoms with Crippen LogP contribution in [0.2, 0.25) is 0 Å². The molecule has 0 bridgehead atoms. The minimum atomic E-state index is -0.333. The lowest BCUT2D eigenvalue weighted by molar-refractivity contribution is 0.257. The molecule has 5 heteroatoms. The van der Waals surface area contributed by atoms with Crippen LogP contribution in [0.1, 0.15) is 11.1 Å². The average molecular weight is 285 g/mol. The smallest absolute Gasteiger partial charge is 0.326 e.